The van der Waals surface area contributed by atoms with E-state index in [0.717, 1.165) is 42.9 Å². The second kappa shape index (κ2) is 12.3. The highest BCUT2D eigenvalue weighted by atomic mass is 35.5. The largest absolute Gasteiger partial charge is 0.384 e. The van der Waals surface area contributed by atoms with E-state index in [0.29, 0.717) is 40.2 Å². The van der Waals surface area contributed by atoms with Gasteiger partial charge < -0.3 is 14.1 Å². The molecular weight excluding hydrogens is 467 g/mol. The lowest BCUT2D eigenvalue weighted by atomic mass is 10.0. The Morgan fingerprint density at radius 3 is 2.88 bits per heavy atom. The number of nitrogens with two attached hydrogens (primary N) is 1. The highest BCUT2D eigenvalue weighted by Crippen LogP contribution is 2.24. The molecule has 32 heavy (non-hydrogen) atoms. The molecule has 0 saturated heterocycles. The number of hydrogen-bond donors (Lipinski definition) is 2. The number of anilines is 1. The van der Waals surface area contributed by atoms with Crippen LogP contribution in [-0.2, 0) is 10.7 Å². The van der Waals surface area contributed by atoms with Crippen molar-refractivity contribution in [3.8, 4) is 0 Å². The molecule has 1 aromatic carbocycles. The van der Waals surface area contributed by atoms with Gasteiger partial charge >= 0.3 is 0 Å². The van der Waals surface area contributed by atoms with Crippen LogP contribution in [0.4, 0.5) is 5.69 Å². The molecule has 2 aromatic heterocycles. The van der Waals surface area contributed by atoms with E-state index >= 15 is 0 Å². The van der Waals surface area contributed by atoms with Crippen LogP contribution in [0.15, 0.2) is 55.1 Å². The number of nitrogens with one attached hydrogen (secondary N) is 1. The van der Waals surface area contributed by atoms with Crippen molar-refractivity contribution in [2.24, 2.45) is 11.1 Å². The van der Waals surface area contributed by atoms with Crippen molar-refractivity contribution in [3.63, 3.8) is 0 Å². The van der Waals surface area contributed by atoms with Crippen molar-refractivity contribution in [1.29, 1.82) is 0 Å². The predicted molar refractivity (Wildman–Crippen MR) is 132 cm³/mol. The molecule has 0 aliphatic carbocycles. The molecule has 1 unspecified atom stereocenters. The summed E-state index contributed by atoms with van der Waals surface area (Å²) in [7, 11) is 0. The van der Waals surface area contributed by atoms with Gasteiger partial charge in [0.05, 0.1) is 34.4 Å². The summed E-state index contributed by atoms with van der Waals surface area (Å²) in [6.07, 6.45) is 8.90. The van der Waals surface area contributed by atoms with E-state index in [1.807, 2.05) is 41.2 Å². The summed E-state index contributed by atoms with van der Waals surface area (Å²) in [5.74, 6) is 0.318. The maximum atomic E-state index is 13.2. The van der Waals surface area contributed by atoms with Gasteiger partial charge in [0.2, 0.25) is 0 Å². The van der Waals surface area contributed by atoms with E-state index in [1.165, 1.54) is 0 Å². The first-order valence-corrected chi connectivity index (χ1v) is 11.9. The number of rotatable bonds is 12. The molecule has 0 aliphatic rings. The van der Waals surface area contributed by atoms with Crippen molar-refractivity contribution < 1.29 is 8.98 Å². The van der Waals surface area contributed by atoms with Gasteiger partial charge in [-0.05, 0) is 42.2 Å². The third-order valence-electron chi connectivity index (χ3n) is 5.24. The summed E-state index contributed by atoms with van der Waals surface area (Å²) in [6, 6.07) is 9.15. The molecule has 0 amide bonds. The van der Waals surface area contributed by atoms with Crippen LogP contribution >= 0.6 is 35.4 Å². The predicted octanol–water partition coefficient (Wildman–Crippen LogP) is 5.84. The smallest absolute Gasteiger partial charge is 0.198 e. The molecule has 2 heterocycles. The van der Waals surface area contributed by atoms with Crippen molar-refractivity contribution >= 4 is 46.9 Å². The molecule has 6 nitrogen and oxygen atoms in total. The van der Waals surface area contributed by atoms with Gasteiger partial charge in [-0.2, -0.15) is 0 Å². The first kappa shape index (κ1) is 24.6. The van der Waals surface area contributed by atoms with Gasteiger partial charge in [-0.25, -0.2) is 0 Å². The van der Waals surface area contributed by atoms with Crippen molar-refractivity contribution in [2.45, 2.75) is 26.3 Å². The third-order valence-corrected chi connectivity index (χ3v) is 6.26. The maximum absolute atomic E-state index is 13.2. The SMILES string of the molecule is CCC(CCNc1ccncc1C(=O)c1ccn(Cc2ccc(Cl)c(Cl)c2)c1)COSN. The van der Waals surface area contributed by atoms with E-state index in [1.54, 1.807) is 18.5 Å². The second-order valence-corrected chi connectivity index (χ2v) is 8.68. The number of halogens is 2. The van der Waals surface area contributed by atoms with Crippen LogP contribution in [0.25, 0.3) is 0 Å². The zero-order valence-electron chi connectivity index (χ0n) is 17.8. The Morgan fingerprint density at radius 2 is 2.12 bits per heavy atom. The Morgan fingerprint density at radius 1 is 1.28 bits per heavy atom. The summed E-state index contributed by atoms with van der Waals surface area (Å²) >= 11 is 13.0. The van der Waals surface area contributed by atoms with Gasteiger partial charge in [0.1, 0.15) is 0 Å². The number of aromatic nitrogens is 2. The zero-order valence-corrected chi connectivity index (χ0v) is 20.1. The molecular formula is C23H26Cl2N4O2S. The lowest BCUT2D eigenvalue weighted by Crippen LogP contribution is -2.15. The number of hydrogen-bond acceptors (Lipinski definition) is 6. The fourth-order valence-electron chi connectivity index (χ4n) is 3.36. The van der Waals surface area contributed by atoms with Gasteiger partial charge in [0.25, 0.3) is 0 Å². The highest BCUT2D eigenvalue weighted by molar-refractivity contribution is 7.92. The van der Waals surface area contributed by atoms with E-state index < -0.39 is 0 Å². The van der Waals surface area contributed by atoms with Gasteiger partial charge in [0.15, 0.2) is 5.78 Å². The van der Waals surface area contributed by atoms with Crippen molar-refractivity contribution in [1.82, 2.24) is 9.55 Å². The van der Waals surface area contributed by atoms with Crippen LogP contribution in [0.5, 0.6) is 0 Å². The first-order valence-electron chi connectivity index (χ1n) is 10.3. The number of carbonyl (C=O) groups is 1. The topological polar surface area (TPSA) is 82.2 Å². The van der Waals surface area contributed by atoms with E-state index in [-0.39, 0.29) is 5.78 Å². The fraction of sp³-hybridized carbons (Fsp3) is 0.304. The average Bonchev–Trinajstić information content (AvgIpc) is 3.27. The van der Waals surface area contributed by atoms with Gasteiger partial charge in [-0.15, -0.1) is 0 Å². The fourth-order valence-corrected chi connectivity index (χ4v) is 3.95. The van der Waals surface area contributed by atoms with Crippen LogP contribution < -0.4 is 10.5 Å². The summed E-state index contributed by atoms with van der Waals surface area (Å²) in [5, 5.41) is 9.74. The van der Waals surface area contributed by atoms with Crippen molar-refractivity contribution in [2.75, 3.05) is 18.5 Å². The minimum atomic E-state index is -0.0802. The Kier molecular flexibility index (Phi) is 9.44. The molecule has 3 N–H and O–H groups in total. The minimum absolute atomic E-state index is 0.0802. The molecule has 0 saturated carbocycles. The molecule has 0 aliphatic heterocycles. The minimum Gasteiger partial charge on any atom is -0.384 e. The van der Waals surface area contributed by atoms with Crippen molar-refractivity contribution in [3.05, 3.63) is 81.9 Å². The van der Waals surface area contributed by atoms with Crippen LogP contribution in [0.2, 0.25) is 10.0 Å². The molecule has 0 bridgehead atoms. The molecule has 0 radical (unpaired) electrons. The zero-order chi connectivity index (χ0) is 22.9. The monoisotopic (exact) mass is 492 g/mol. The second-order valence-electron chi connectivity index (χ2n) is 7.44. The van der Waals surface area contributed by atoms with Crippen LogP contribution in [-0.4, -0.2) is 28.5 Å². The number of benzene rings is 1. The third kappa shape index (κ3) is 6.73. The van der Waals surface area contributed by atoms with Crippen LogP contribution in [0, 0.1) is 5.92 Å². The van der Waals surface area contributed by atoms with Crippen LogP contribution in [0.1, 0.15) is 41.3 Å². The Hall–Kier alpha value is -2.03. The average molecular weight is 493 g/mol. The van der Waals surface area contributed by atoms with Gasteiger partial charge in [-0.1, -0.05) is 42.6 Å². The Balaban J connectivity index is 1.66. The lowest BCUT2D eigenvalue weighted by Gasteiger charge is -2.15. The van der Waals surface area contributed by atoms with Crippen LogP contribution in [0.3, 0.4) is 0 Å². The lowest BCUT2D eigenvalue weighted by molar-refractivity contribution is 0.103. The summed E-state index contributed by atoms with van der Waals surface area (Å²) in [4.78, 5) is 17.3. The van der Waals surface area contributed by atoms with E-state index in [4.69, 9.17) is 32.5 Å². The van der Waals surface area contributed by atoms with E-state index in [9.17, 15) is 4.79 Å². The molecule has 9 heteroatoms. The van der Waals surface area contributed by atoms with E-state index in [2.05, 4.69) is 17.2 Å². The first-order chi connectivity index (χ1) is 15.5. The standard InChI is InChI=1S/C23H26Cl2N4O2S/c1-2-16(15-31-32-26)5-9-28-22-6-8-27-12-19(22)23(30)18-7-10-29(14-18)13-17-3-4-20(24)21(25)11-17/h3-4,6-8,10-12,14,16H,2,5,9,13,15,26H2,1H3,(H,27,28). The maximum Gasteiger partial charge on any atom is 0.198 e. The summed E-state index contributed by atoms with van der Waals surface area (Å²) < 4.78 is 7.19. The summed E-state index contributed by atoms with van der Waals surface area (Å²) in [6.45, 7) is 4.04. The quantitative estimate of drug-likeness (QED) is 0.188. The molecule has 0 fully saturated rings. The summed E-state index contributed by atoms with van der Waals surface area (Å²) in [5.41, 5.74) is 2.91. The molecule has 170 valence electrons. The van der Waals surface area contributed by atoms with Gasteiger partial charge in [0, 0.05) is 49.1 Å². The molecule has 3 aromatic rings. The van der Waals surface area contributed by atoms with Gasteiger partial charge in [-0.3, -0.25) is 14.9 Å². The Labute approximate surface area is 202 Å². The molecule has 0 spiro atoms. The normalized spacial score (nSPS) is 12.0. The number of carbonyl (C=O) groups excluding carboxylic acids is 1. The number of nitrogens with zero attached hydrogens (tertiary/aromatic N) is 2. The highest BCUT2D eigenvalue weighted by Gasteiger charge is 2.16. The molecule has 1 atom stereocenters. The number of pyridine rings is 1. The number of ketones is 1. The molecule has 3 rings (SSSR count). The Bertz CT molecular complexity index is 1040.